The van der Waals surface area contributed by atoms with Crippen molar-refractivity contribution in [2.75, 3.05) is 0 Å². The molecule has 18 heavy (non-hydrogen) atoms. The van der Waals surface area contributed by atoms with Gasteiger partial charge in [0.25, 0.3) is 0 Å². The zero-order valence-electron chi connectivity index (χ0n) is 11.0. The molecule has 0 saturated carbocycles. The third-order valence-corrected chi connectivity index (χ3v) is 4.31. The summed E-state index contributed by atoms with van der Waals surface area (Å²) in [7, 11) is -3.43. The standard InChI is InChI=1S/C13H19NO3S/c1-5-18(15,16)14-11-7-13(3,4)8-12-10(11)6-9(2)17-12/h5-6,11,14H,1,7-8H2,2-4H3. The van der Waals surface area contributed by atoms with E-state index in [1.807, 2.05) is 13.0 Å². The first-order chi connectivity index (χ1) is 8.22. The molecule has 0 aromatic carbocycles. The second-order valence-corrected chi connectivity index (χ2v) is 7.32. The molecule has 100 valence electrons. The summed E-state index contributed by atoms with van der Waals surface area (Å²) in [5.41, 5.74) is 0.975. The molecule has 1 aliphatic rings. The fourth-order valence-electron chi connectivity index (χ4n) is 2.54. The Morgan fingerprint density at radius 3 is 2.83 bits per heavy atom. The number of nitrogens with one attached hydrogen (secondary N) is 1. The minimum absolute atomic E-state index is 0.0195. The van der Waals surface area contributed by atoms with Crippen molar-refractivity contribution >= 4 is 10.0 Å². The molecule has 1 unspecified atom stereocenters. The van der Waals surface area contributed by atoms with Crippen LogP contribution in [0.2, 0.25) is 0 Å². The van der Waals surface area contributed by atoms with Gasteiger partial charge in [0, 0.05) is 17.4 Å². The zero-order valence-corrected chi connectivity index (χ0v) is 11.8. The van der Waals surface area contributed by atoms with Gasteiger partial charge in [0.1, 0.15) is 11.5 Å². The summed E-state index contributed by atoms with van der Waals surface area (Å²) in [6, 6.07) is 1.69. The summed E-state index contributed by atoms with van der Waals surface area (Å²) in [4.78, 5) is 0. The molecule has 0 saturated heterocycles. The molecule has 2 rings (SSSR count). The molecule has 1 aromatic rings. The van der Waals surface area contributed by atoms with Crippen molar-refractivity contribution in [3.8, 4) is 0 Å². The van der Waals surface area contributed by atoms with Gasteiger partial charge in [-0.1, -0.05) is 20.4 Å². The van der Waals surface area contributed by atoms with Crippen molar-refractivity contribution in [3.63, 3.8) is 0 Å². The maximum atomic E-state index is 11.6. The molecular weight excluding hydrogens is 250 g/mol. The Bertz CT molecular complexity index is 569. The van der Waals surface area contributed by atoms with E-state index in [0.717, 1.165) is 35.3 Å². The highest BCUT2D eigenvalue weighted by Crippen LogP contribution is 2.42. The van der Waals surface area contributed by atoms with Crippen molar-refractivity contribution in [2.45, 2.75) is 39.7 Å². The molecule has 1 atom stereocenters. The average Bonchev–Trinajstić information content (AvgIpc) is 2.56. The SMILES string of the molecule is C=CS(=O)(=O)NC1CC(C)(C)Cc2oc(C)cc21. The van der Waals surface area contributed by atoms with Gasteiger partial charge in [-0.15, -0.1) is 0 Å². The second-order valence-electron chi connectivity index (χ2n) is 5.66. The van der Waals surface area contributed by atoms with Crippen LogP contribution >= 0.6 is 0 Å². The molecule has 1 aliphatic carbocycles. The molecule has 0 fully saturated rings. The van der Waals surface area contributed by atoms with Crippen LogP contribution in [0.1, 0.15) is 43.4 Å². The maximum Gasteiger partial charge on any atom is 0.233 e. The summed E-state index contributed by atoms with van der Waals surface area (Å²) < 4.78 is 31.6. The van der Waals surface area contributed by atoms with Crippen molar-refractivity contribution in [1.82, 2.24) is 4.72 Å². The Balaban J connectivity index is 2.38. The van der Waals surface area contributed by atoms with E-state index >= 15 is 0 Å². The van der Waals surface area contributed by atoms with Gasteiger partial charge in [0.2, 0.25) is 10.0 Å². The van der Waals surface area contributed by atoms with Gasteiger partial charge in [0.15, 0.2) is 0 Å². The predicted molar refractivity (Wildman–Crippen MR) is 70.5 cm³/mol. The van der Waals surface area contributed by atoms with Crippen LogP contribution < -0.4 is 4.72 Å². The van der Waals surface area contributed by atoms with Gasteiger partial charge < -0.3 is 4.42 Å². The van der Waals surface area contributed by atoms with Crippen molar-refractivity contribution < 1.29 is 12.8 Å². The fraction of sp³-hybridized carbons (Fsp3) is 0.538. The number of furan rings is 1. The quantitative estimate of drug-likeness (QED) is 0.917. The van der Waals surface area contributed by atoms with Gasteiger partial charge in [-0.3, -0.25) is 0 Å². The van der Waals surface area contributed by atoms with E-state index in [0.29, 0.717) is 0 Å². The van der Waals surface area contributed by atoms with Crippen LogP contribution in [0.3, 0.4) is 0 Å². The summed E-state index contributed by atoms with van der Waals surface area (Å²) in [5.74, 6) is 1.71. The highest BCUT2D eigenvalue weighted by atomic mass is 32.2. The van der Waals surface area contributed by atoms with Crippen molar-refractivity contribution in [2.24, 2.45) is 5.41 Å². The van der Waals surface area contributed by atoms with Gasteiger partial charge in [0.05, 0.1) is 6.04 Å². The summed E-state index contributed by atoms with van der Waals surface area (Å²) >= 11 is 0. The summed E-state index contributed by atoms with van der Waals surface area (Å²) in [6.45, 7) is 9.43. The molecule has 4 nitrogen and oxygen atoms in total. The van der Waals surface area contributed by atoms with Crippen LogP contribution in [0.15, 0.2) is 22.5 Å². The predicted octanol–water partition coefficient (Wildman–Crippen LogP) is 2.66. The lowest BCUT2D eigenvalue weighted by Crippen LogP contribution is -2.35. The van der Waals surface area contributed by atoms with Crippen LogP contribution in [0.5, 0.6) is 0 Å². The third-order valence-electron chi connectivity index (χ3n) is 3.26. The Morgan fingerprint density at radius 1 is 1.56 bits per heavy atom. The van der Waals surface area contributed by atoms with Crippen molar-refractivity contribution in [1.29, 1.82) is 0 Å². The molecule has 0 bridgehead atoms. The van der Waals surface area contributed by atoms with Crippen LogP contribution in [0.25, 0.3) is 0 Å². The number of rotatable bonds is 3. The molecular formula is C13H19NO3S. The highest BCUT2D eigenvalue weighted by molar-refractivity contribution is 7.92. The van der Waals surface area contributed by atoms with Crippen LogP contribution in [-0.2, 0) is 16.4 Å². The van der Waals surface area contributed by atoms with E-state index in [1.54, 1.807) is 0 Å². The van der Waals surface area contributed by atoms with Crippen LogP contribution in [0.4, 0.5) is 0 Å². The monoisotopic (exact) mass is 269 g/mol. The molecule has 1 aromatic heterocycles. The molecule has 0 amide bonds. The number of fused-ring (bicyclic) bond motifs is 1. The molecule has 1 heterocycles. The minimum Gasteiger partial charge on any atom is -0.466 e. The van der Waals surface area contributed by atoms with Gasteiger partial charge in [-0.25, -0.2) is 13.1 Å². The Labute approximate surface area is 108 Å². The first-order valence-corrected chi connectivity index (χ1v) is 7.51. The minimum atomic E-state index is -3.43. The lowest BCUT2D eigenvalue weighted by Gasteiger charge is -2.34. The van der Waals surface area contributed by atoms with E-state index in [1.165, 1.54) is 0 Å². The number of aryl methyl sites for hydroxylation is 1. The first-order valence-electron chi connectivity index (χ1n) is 5.96. The average molecular weight is 269 g/mol. The molecule has 0 spiro atoms. The van der Waals surface area contributed by atoms with Crippen LogP contribution in [0, 0.1) is 12.3 Å². The highest BCUT2D eigenvalue weighted by Gasteiger charge is 2.36. The topological polar surface area (TPSA) is 59.3 Å². The molecule has 0 aliphatic heterocycles. The number of hydrogen-bond acceptors (Lipinski definition) is 3. The van der Waals surface area contributed by atoms with E-state index in [2.05, 4.69) is 25.1 Å². The Morgan fingerprint density at radius 2 is 2.22 bits per heavy atom. The number of hydrogen-bond donors (Lipinski definition) is 1. The fourth-order valence-corrected chi connectivity index (χ4v) is 3.24. The normalized spacial score (nSPS) is 22.5. The first kappa shape index (κ1) is 13.4. The lowest BCUT2D eigenvalue weighted by atomic mass is 9.75. The third kappa shape index (κ3) is 2.67. The Kier molecular flexibility index (Phi) is 3.15. The van der Waals surface area contributed by atoms with Gasteiger partial charge in [-0.05, 0) is 24.8 Å². The Hall–Kier alpha value is -1.07. The molecule has 0 radical (unpaired) electrons. The summed E-state index contributed by atoms with van der Waals surface area (Å²) in [5, 5.41) is 0.946. The maximum absolute atomic E-state index is 11.6. The second kappa shape index (κ2) is 4.24. The van der Waals surface area contributed by atoms with Crippen molar-refractivity contribution in [3.05, 3.63) is 35.1 Å². The van der Waals surface area contributed by atoms with E-state index in [4.69, 9.17) is 4.42 Å². The van der Waals surface area contributed by atoms with Crippen LogP contribution in [-0.4, -0.2) is 8.42 Å². The molecule has 5 heteroatoms. The van der Waals surface area contributed by atoms with E-state index in [-0.39, 0.29) is 11.5 Å². The number of sulfonamides is 1. The molecule has 1 N–H and O–H groups in total. The lowest BCUT2D eigenvalue weighted by molar-refractivity contribution is 0.247. The van der Waals surface area contributed by atoms with E-state index in [9.17, 15) is 8.42 Å². The van der Waals surface area contributed by atoms with Gasteiger partial charge in [-0.2, -0.15) is 0 Å². The largest absolute Gasteiger partial charge is 0.466 e. The van der Waals surface area contributed by atoms with Gasteiger partial charge >= 0.3 is 0 Å². The smallest absolute Gasteiger partial charge is 0.233 e. The van der Waals surface area contributed by atoms with E-state index < -0.39 is 10.0 Å². The zero-order chi connectivity index (χ0) is 13.6. The summed E-state index contributed by atoms with van der Waals surface area (Å²) in [6.07, 6.45) is 1.59.